The summed E-state index contributed by atoms with van der Waals surface area (Å²) in [5.41, 5.74) is 8.73. The Morgan fingerprint density at radius 1 is 1.30 bits per heavy atom. The number of anilines is 2. The number of rotatable bonds is 2. The van der Waals surface area contributed by atoms with Gasteiger partial charge in [-0.1, -0.05) is 6.07 Å². The third-order valence-electron chi connectivity index (χ3n) is 3.49. The van der Waals surface area contributed by atoms with Gasteiger partial charge < -0.3 is 15.1 Å². The standard InChI is InChI=1S/C16H16N2O2/c17-14-6-1-7-15-13(14)5-2-10-18(15)16(19)9-8-12-4-3-11-20-12/h1,3-4,6-9,11H,2,5,10,17H2/b9-8+. The first-order valence-electron chi connectivity index (χ1n) is 6.66. The molecule has 0 saturated heterocycles. The summed E-state index contributed by atoms with van der Waals surface area (Å²) in [4.78, 5) is 14.1. The maximum atomic E-state index is 12.3. The normalized spacial score (nSPS) is 14.5. The lowest BCUT2D eigenvalue weighted by Gasteiger charge is -2.29. The minimum atomic E-state index is -0.0482. The molecule has 1 aromatic carbocycles. The van der Waals surface area contributed by atoms with E-state index in [1.807, 2.05) is 24.3 Å². The van der Waals surface area contributed by atoms with Gasteiger partial charge in [0.15, 0.2) is 0 Å². The Labute approximate surface area is 117 Å². The second-order valence-electron chi connectivity index (χ2n) is 4.79. The van der Waals surface area contributed by atoms with Crippen molar-refractivity contribution in [2.45, 2.75) is 12.8 Å². The van der Waals surface area contributed by atoms with Crippen LogP contribution < -0.4 is 10.6 Å². The number of furan rings is 1. The molecule has 0 radical (unpaired) electrons. The molecule has 2 heterocycles. The predicted molar refractivity (Wildman–Crippen MR) is 79.3 cm³/mol. The maximum Gasteiger partial charge on any atom is 0.251 e. The Balaban J connectivity index is 1.85. The van der Waals surface area contributed by atoms with Crippen LogP contribution in [0, 0.1) is 0 Å². The summed E-state index contributed by atoms with van der Waals surface area (Å²) in [6.45, 7) is 0.720. The van der Waals surface area contributed by atoms with Crippen molar-refractivity contribution in [2.24, 2.45) is 0 Å². The lowest BCUT2D eigenvalue weighted by molar-refractivity contribution is -0.114. The van der Waals surface area contributed by atoms with Crippen molar-refractivity contribution in [3.8, 4) is 0 Å². The van der Waals surface area contributed by atoms with Crippen molar-refractivity contribution in [1.29, 1.82) is 0 Å². The van der Waals surface area contributed by atoms with Crippen molar-refractivity contribution < 1.29 is 9.21 Å². The number of hydrogen-bond acceptors (Lipinski definition) is 3. The van der Waals surface area contributed by atoms with Gasteiger partial charge >= 0.3 is 0 Å². The number of nitrogens with zero attached hydrogens (tertiary/aromatic N) is 1. The van der Waals surface area contributed by atoms with Crippen LogP contribution in [0.4, 0.5) is 11.4 Å². The van der Waals surface area contributed by atoms with E-state index in [1.165, 1.54) is 6.08 Å². The predicted octanol–water partition coefficient (Wildman–Crippen LogP) is 2.85. The number of carbonyl (C=O) groups excluding carboxylic acids is 1. The minimum Gasteiger partial charge on any atom is -0.465 e. The molecule has 0 atom stereocenters. The lowest BCUT2D eigenvalue weighted by atomic mass is 10.00. The fourth-order valence-corrected chi connectivity index (χ4v) is 2.51. The summed E-state index contributed by atoms with van der Waals surface area (Å²) < 4.78 is 5.18. The summed E-state index contributed by atoms with van der Waals surface area (Å²) >= 11 is 0. The van der Waals surface area contributed by atoms with Crippen LogP contribution in [0.1, 0.15) is 17.7 Å². The quantitative estimate of drug-likeness (QED) is 0.673. The van der Waals surface area contributed by atoms with E-state index in [-0.39, 0.29) is 5.91 Å². The molecule has 0 aliphatic carbocycles. The van der Waals surface area contributed by atoms with Gasteiger partial charge in [0, 0.05) is 24.0 Å². The van der Waals surface area contributed by atoms with Crippen molar-refractivity contribution in [3.63, 3.8) is 0 Å². The van der Waals surface area contributed by atoms with E-state index in [9.17, 15) is 4.79 Å². The van der Waals surface area contributed by atoms with Gasteiger partial charge in [-0.3, -0.25) is 4.79 Å². The van der Waals surface area contributed by atoms with E-state index < -0.39 is 0 Å². The fourth-order valence-electron chi connectivity index (χ4n) is 2.51. The summed E-state index contributed by atoms with van der Waals surface area (Å²) in [6.07, 6.45) is 6.66. The highest BCUT2D eigenvalue weighted by molar-refractivity contribution is 6.04. The molecular weight excluding hydrogens is 252 g/mol. The van der Waals surface area contributed by atoms with E-state index >= 15 is 0 Å². The maximum absolute atomic E-state index is 12.3. The molecule has 20 heavy (non-hydrogen) atoms. The van der Waals surface area contributed by atoms with Crippen molar-refractivity contribution in [2.75, 3.05) is 17.2 Å². The summed E-state index contributed by atoms with van der Waals surface area (Å²) in [7, 11) is 0. The third-order valence-corrected chi connectivity index (χ3v) is 3.49. The van der Waals surface area contributed by atoms with Crippen molar-refractivity contribution >= 4 is 23.4 Å². The summed E-state index contributed by atoms with van der Waals surface area (Å²) in [5, 5.41) is 0. The highest BCUT2D eigenvalue weighted by Gasteiger charge is 2.22. The molecule has 1 aromatic heterocycles. The zero-order valence-electron chi connectivity index (χ0n) is 11.1. The average Bonchev–Trinajstić information content (AvgIpc) is 2.98. The van der Waals surface area contributed by atoms with Gasteiger partial charge in [0.25, 0.3) is 5.91 Å². The van der Waals surface area contributed by atoms with Crippen LogP contribution in [-0.4, -0.2) is 12.5 Å². The second-order valence-corrected chi connectivity index (χ2v) is 4.79. The molecule has 4 heteroatoms. The first kappa shape index (κ1) is 12.5. The van der Waals surface area contributed by atoms with Crippen molar-refractivity contribution in [1.82, 2.24) is 0 Å². The van der Waals surface area contributed by atoms with E-state index in [4.69, 9.17) is 10.2 Å². The van der Waals surface area contributed by atoms with Crippen LogP contribution >= 0.6 is 0 Å². The number of amides is 1. The molecule has 0 spiro atoms. The van der Waals surface area contributed by atoms with Gasteiger partial charge in [0.1, 0.15) is 5.76 Å². The highest BCUT2D eigenvalue weighted by atomic mass is 16.3. The van der Waals surface area contributed by atoms with Gasteiger partial charge in [-0.25, -0.2) is 0 Å². The average molecular weight is 268 g/mol. The van der Waals surface area contributed by atoms with Gasteiger partial charge in [-0.2, -0.15) is 0 Å². The molecule has 1 amide bonds. The second kappa shape index (κ2) is 5.25. The Bertz CT molecular complexity index is 645. The Kier molecular flexibility index (Phi) is 3.29. The zero-order valence-corrected chi connectivity index (χ0v) is 11.1. The van der Waals surface area contributed by atoms with Crippen LogP contribution in [0.25, 0.3) is 6.08 Å². The summed E-state index contributed by atoms with van der Waals surface area (Å²) in [6, 6.07) is 9.32. The summed E-state index contributed by atoms with van der Waals surface area (Å²) in [5.74, 6) is 0.621. The van der Waals surface area contributed by atoms with E-state index in [0.717, 1.165) is 36.3 Å². The number of hydrogen-bond donors (Lipinski definition) is 1. The Morgan fingerprint density at radius 3 is 3.00 bits per heavy atom. The van der Waals surface area contributed by atoms with Crippen molar-refractivity contribution in [3.05, 3.63) is 54.0 Å². The molecule has 0 fully saturated rings. The van der Waals surface area contributed by atoms with Crippen LogP contribution in [0.3, 0.4) is 0 Å². The first-order valence-corrected chi connectivity index (χ1v) is 6.66. The molecule has 1 aliphatic rings. The van der Waals surface area contributed by atoms with E-state index in [1.54, 1.807) is 23.3 Å². The topological polar surface area (TPSA) is 59.5 Å². The Hall–Kier alpha value is -2.49. The number of carbonyl (C=O) groups is 1. The lowest BCUT2D eigenvalue weighted by Crippen LogP contribution is -2.34. The van der Waals surface area contributed by atoms with Gasteiger partial charge in [-0.05, 0) is 48.7 Å². The molecule has 2 N–H and O–H groups in total. The molecule has 0 unspecified atom stereocenters. The van der Waals surface area contributed by atoms with E-state index in [2.05, 4.69) is 0 Å². The van der Waals surface area contributed by atoms with Gasteiger partial charge in [0.05, 0.1) is 6.26 Å². The van der Waals surface area contributed by atoms with Crippen LogP contribution in [0.5, 0.6) is 0 Å². The number of fused-ring (bicyclic) bond motifs is 1. The monoisotopic (exact) mass is 268 g/mol. The highest BCUT2D eigenvalue weighted by Crippen LogP contribution is 2.31. The number of benzene rings is 1. The first-order chi connectivity index (χ1) is 9.75. The molecule has 0 bridgehead atoms. The Morgan fingerprint density at radius 2 is 2.20 bits per heavy atom. The smallest absolute Gasteiger partial charge is 0.251 e. The molecule has 0 saturated carbocycles. The molecular formula is C16H16N2O2. The van der Waals surface area contributed by atoms with Gasteiger partial charge in [0.2, 0.25) is 0 Å². The van der Waals surface area contributed by atoms with E-state index in [0.29, 0.717) is 5.76 Å². The number of nitrogens with two attached hydrogens (primary N) is 1. The van der Waals surface area contributed by atoms with Gasteiger partial charge in [-0.15, -0.1) is 0 Å². The van der Waals surface area contributed by atoms with Crippen LogP contribution in [-0.2, 0) is 11.2 Å². The molecule has 3 rings (SSSR count). The molecule has 4 nitrogen and oxygen atoms in total. The molecule has 2 aromatic rings. The number of nitrogen functional groups attached to an aromatic ring is 1. The SMILES string of the molecule is Nc1cccc2c1CCCN2C(=O)/C=C/c1ccco1. The fraction of sp³-hybridized carbons (Fsp3) is 0.188. The molecule has 102 valence electrons. The third kappa shape index (κ3) is 2.32. The molecule has 1 aliphatic heterocycles. The minimum absolute atomic E-state index is 0.0482. The van der Waals surface area contributed by atoms with Crippen LogP contribution in [0.15, 0.2) is 47.1 Å². The zero-order chi connectivity index (χ0) is 13.9. The van der Waals surface area contributed by atoms with Crippen LogP contribution in [0.2, 0.25) is 0 Å². The largest absolute Gasteiger partial charge is 0.465 e.